The number of pyridine rings is 1. The van der Waals surface area contributed by atoms with Gasteiger partial charge >= 0.3 is 6.18 Å². The Morgan fingerprint density at radius 1 is 1.27 bits per heavy atom. The molecule has 0 radical (unpaired) electrons. The Bertz CT molecular complexity index is 1110. The number of carbonyl (C=O) groups excluding carboxylic acids is 2. The number of aromatic nitrogens is 1. The molecule has 1 atom stereocenters. The van der Waals surface area contributed by atoms with E-state index in [0.29, 0.717) is 30.3 Å². The maximum atomic E-state index is 12.6. The molecule has 160 valence electrons. The number of hydrogen-bond acceptors (Lipinski definition) is 6. The van der Waals surface area contributed by atoms with Gasteiger partial charge in [0, 0.05) is 12.6 Å². The van der Waals surface area contributed by atoms with Crippen molar-refractivity contribution in [3.63, 3.8) is 0 Å². The highest BCUT2D eigenvalue weighted by molar-refractivity contribution is 7.90. The molecule has 0 saturated carbocycles. The first-order valence-corrected chi connectivity index (χ1v) is 10.3. The Morgan fingerprint density at radius 3 is 2.57 bits per heavy atom. The topological polar surface area (TPSA) is 102 Å². The maximum Gasteiger partial charge on any atom is 0.417 e. The van der Waals surface area contributed by atoms with Gasteiger partial charge in [0.2, 0.25) is 0 Å². The highest BCUT2D eigenvalue weighted by atomic mass is 32.2. The van der Waals surface area contributed by atoms with Crippen LogP contribution in [0.4, 0.5) is 13.2 Å². The quantitative estimate of drug-likeness (QED) is 0.764. The summed E-state index contributed by atoms with van der Waals surface area (Å²) >= 11 is 0. The second kappa shape index (κ2) is 7.71. The zero-order valence-corrected chi connectivity index (χ0v) is 16.7. The number of amides is 1. The maximum absolute atomic E-state index is 12.6. The summed E-state index contributed by atoms with van der Waals surface area (Å²) in [7, 11) is -4.49. The minimum absolute atomic E-state index is 0.0102. The van der Waals surface area contributed by atoms with E-state index in [4.69, 9.17) is 4.74 Å². The largest absolute Gasteiger partial charge is 0.483 e. The van der Waals surface area contributed by atoms with Crippen molar-refractivity contribution in [2.45, 2.75) is 37.4 Å². The van der Waals surface area contributed by atoms with Gasteiger partial charge in [0.15, 0.2) is 17.4 Å². The first-order chi connectivity index (χ1) is 13.9. The standard InChI is InChI=1S/C19H17F3N2O5S/c1-10-3-5-14(18-13(25)7-11(2)17(10)18)29-9-15(26)24-30(27,28)16-6-4-12(8-23-16)19(20,21)22/h3-6,8,11H,7,9H2,1-2H3,(H,24,26). The van der Waals surface area contributed by atoms with E-state index < -0.39 is 39.3 Å². The smallest absolute Gasteiger partial charge is 0.417 e. The number of nitrogens with zero attached hydrogens (tertiary/aromatic N) is 1. The van der Waals surface area contributed by atoms with E-state index in [0.717, 1.165) is 11.1 Å². The molecule has 7 nitrogen and oxygen atoms in total. The average molecular weight is 442 g/mol. The van der Waals surface area contributed by atoms with Gasteiger partial charge in [0.05, 0.1) is 11.1 Å². The van der Waals surface area contributed by atoms with Crippen LogP contribution in [0.15, 0.2) is 35.5 Å². The third kappa shape index (κ3) is 4.30. The van der Waals surface area contributed by atoms with Crippen LogP contribution in [0.3, 0.4) is 0 Å². The number of sulfonamides is 1. The molecule has 1 aromatic carbocycles. The zero-order chi connectivity index (χ0) is 22.3. The van der Waals surface area contributed by atoms with E-state index in [1.54, 1.807) is 10.8 Å². The van der Waals surface area contributed by atoms with Crippen molar-refractivity contribution < 1.29 is 35.9 Å². The van der Waals surface area contributed by atoms with E-state index in [9.17, 15) is 31.2 Å². The Labute approximate surface area is 170 Å². The fourth-order valence-electron chi connectivity index (χ4n) is 3.31. The predicted octanol–water partition coefficient (Wildman–Crippen LogP) is 2.98. The third-order valence-corrected chi connectivity index (χ3v) is 5.92. The molecule has 1 heterocycles. The predicted molar refractivity (Wildman–Crippen MR) is 98.6 cm³/mol. The molecule has 2 aromatic rings. The number of alkyl halides is 3. The lowest BCUT2D eigenvalue weighted by atomic mass is 9.97. The Hall–Kier alpha value is -2.95. The number of benzene rings is 1. The summed E-state index contributed by atoms with van der Waals surface area (Å²) in [6.45, 7) is 3.04. The van der Waals surface area contributed by atoms with Gasteiger partial charge < -0.3 is 4.74 Å². The van der Waals surface area contributed by atoms with Crippen LogP contribution >= 0.6 is 0 Å². The van der Waals surface area contributed by atoms with Crippen LogP contribution in [-0.2, 0) is 21.0 Å². The van der Waals surface area contributed by atoms with E-state index in [-0.39, 0.29) is 17.5 Å². The van der Waals surface area contributed by atoms with Gasteiger partial charge in [-0.15, -0.1) is 0 Å². The molecule has 0 saturated heterocycles. The number of ketones is 1. The molecule has 30 heavy (non-hydrogen) atoms. The van der Waals surface area contributed by atoms with Crippen molar-refractivity contribution in [2.75, 3.05) is 6.61 Å². The highest BCUT2D eigenvalue weighted by Gasteiger charge is 2.32. The third-order valence-electron chi connectivity index (χ3n) is 4.63. The van der Waals surface area contributed by atoms with Gasteiger partial charge in [0.25, 0.3) is 15.9 Å². The lowest BCUT2D eigenvalue weighted by Gasteiger charge is -2.13. The van der Waals surface area contributed by atoms with Crippen LogP contribution in [0.5, 0.6) is 5.75 Å². The molecule has 0 bridgehead atoms. The first kappa shape index (κ1) is 21.8. The van der Waals surface area contributed by atoms with Crippen molar-refractivity contribution in [3.05, 3.63) is 52.7 Å². The lowest BCUT2D eigenvalue weighted by Crippen LogP contribution is -2.35. The van der Waals surface area contributed by atoms with Crippen LogP contribution in [0.2, 0.25) is 0 Å². The summed E-state index contributed by atoms with van der Waals surface area (Å²) in [6, 6.07) is 4.46. The summed E-state index contributed by atoms with van der Waals surface area (Å²) < 4.78 is 69.0. The summed E-state index contributed by atoms with van der Waals surface area (Å²) in [4.78, 5) is 27.5. The van der Waals surface area contributed by atoms with E-state index in [2.05, 4.69) is 4.98 Å². The number of hydrogen-bond donors (Lipinski definition) is 1. The number of fused-ring (bicyclic) bond motifs is 1. The molecule has 11 heteroatoms. The number of ether oxygens (including phenoxy) is 1. The molecule has 0 spiro atoms. The monoisotopic (exact) mass is 442 g/mol. The lowest BCUT2D eigenvalue weighted by molar-refractivity contribution is -0.137. The van der Waals surface area contributed by atoms with Crippen molar-refractivity contribution >= 4 is 21.7 Å². The van der Waals surface area contributed by atoms with Crippen molar-refractivity contribution in [3.8, 4) is 5.75 Å². The molecular weight excluding hydrogens is 425 g/mol. The van der Waals surface area contributed by atoms with Crippen molar-refractivity contribution in [2.24, 2.45) is 0 Å². The van der Waals surface area contributed by atoms with Crippen LogP contribution < -0.4 is 9.46 Å². The SMILES string of the molecule is Cc1ccc(OCC(=O)NS(=O)(=O)c2ccc(C(F)(F)F)cn2)c2c1C(C)CC2=O. The molecule has 3 rings (SSSR count). The molecule has 1 N–H and O–H groups in total. The van der Waals surface area contributed by atoms with Gasteiger partial charge in [-0.3, -0.25) is 9.59 Å². The summed E-state index contributed by atoms with van der Waals surface area (Å²) in [5, 5.41) is -0.746. The molecule has 0 fully saturated rings. The number of halogens is 3. The molecule has 1 aromatic heterocycles. The van der Waals surface area contributed by atoms with Gasteiger partial charge in [-0.25, -0.2) is 9.71 Å². The molecule has 1 unspecified atom stereocenters. The van der Waals surface area contributed by atoms with Crippen LogP contribution in [0.1, 0.15) is 46.3 Å². The summed E-state index contributed by atoms with van der Waals surface area (Å²) in [5.41, 5.74) is 1.00. The normalized spacial score (nSPS) is 16.3. The second-order valence-electron chi connectivity index (χ2n) is 6.90. The van der Waals surface area contributed by atoms with Crippen molar-refractivity contribution in [1.29, 1.82) is 0 Å². The molecule has 1 aliphatic carbocycles. The Morgan fingerprint density at radius 2 is 1.97 bits per heavy atom. The Kier molecular flexibility index (Phi) is 5.59. The molecular formula is C19H17F3N2O5S. The van der Waals surface area contributed by atoms with Crippen LogP contribution in [-0.4, -0.2) is 31.7 Å². The summed E-state index contributed by atoms with van der Waals surface area (Å²) in [5.74, 6) is -1.01. The molecule has 0 aliphatic heterocycles. The molecule has 1 aliphatic rings. The van der Waals surface area contributed by atoms with Crippen LogP contribution in [0, 0.1) is 6.92 Å². The fourth-order valence-corrected chi connectivity index (χ4v) is 4.21. The average Bonchev–Trinajstić information content (AvgIpc) is 2.95. The van der Waals surface area contributed by atoms with Gasteiger partial charge in [-0.2, -0.15) is 21.6 Å². The van der Waals surface area contributed by atoms with Crippen molar-refractivity contribution in [1.82, 2.24) is 9.71 Å². The summed E-state index contributed by atoms with van der Waals surface area (Å²) in [6.07, 6.45) is -4.00. The first-order valence-electron chi connectivity index (χ1n) is 8.78. The minimum atomic E-state index is -4.67. The number of rotatable bonds is 5. The minimum Gasteiger partial charge on any atom is -0.483 e. The molecule has 1 amide bonds. The Balaban J connectivity index is 1.70. The highest BCUT2D eigenvalue weighted by Crippen LogP contribution is 2.40. The van der Waals surface area contributed by atoms with Gasteiger partial charge in [-0.1, -0.05) is 13.0 Å². The second-order valence-corrected chi connectivity index (χ2v) is 8.53. The van der Waals surface area contributed by atoms with Gasteiger partial charge in [0.1, 0.15) is 5.75 Å². The number of carbonyl (C=O) groups is 2. The van der Waals surface area contributed by atoms with Gasteiger partial charge in [-0.05, 0) is 42.2 Å². The van der Waals surface area contributed by atoms with Crippen LogP contribution in [0.25, 0.3) is 0 Å². The van der Waals surface area contributed by atoms with E-state index in [1.807, 2.05) is 13.8 Å². The number of Topliss-reactive ketones (excluding diaryl/α,β-unsaturated/α-hetero) is 1. The fraction of sp³-hybridized carbons (Fsp3) is 0.316. The van der Waals surface area contributed by atoms with E-state index >= 15 is 0 Å². The number of aryl methyl sites for hydroxylation is 1. The number of nitrogens with one attached hydrogen (secondary N) is 1. The zero-order valence-electron chi connectivity index (χ0n) is 15.9. The van der Waals surface area contributed by atoms with E-state index in [1.165, 1.54) is 6.07 Å².